The number of carbonyl (C=O) groups is 2. The fourth-order valence-electron chi connectivity index (χ4n) is 4.06. The highest BCUT2D eigenvalue weighted by molar-refractivity contribution is 5.89. The lowest BCUT2D eigenvalue weighted by Gasteiger charge is -2.44. The zero-order valence-corrected chi connectivity index (χ0v) is 22.3. The first-order valence-electron chi connectivity index (χ1n) is 12.4. The Balaban J connectivity index is 1.64. The number of carbonyl (C=O) groups excluding carboxylic acids is 2. The maximum absolute atomic E-state index is 12.6. The van der Waals surface area contributed by atoms with Gasteiger partial charge in [0.05, 0.1) is 11.1 Å². The molecule has 1 aliphatic rings. The van der Waals surface area contributed by atoms with Gasteiger partial charge in [-0.15, -0.1) is 0 Å². The molecule has 2 aromatic carbocycles. The Bertz CT molecular complexity index is 971. The molecule has 0 spiro atoms. The van der Waals surface area contributed by atoms with E-state index in [0.717, 1.165) is 24.0 Å². The van der Waals surface area contributed by atoms with E-state index in [1.165, 1.54) is 0 Å². The average molecular weight is 495 g/mol. The number of hydrogen-bond acceptors (Lipinski definition) is 6. The van der Waals surface area contributed by atoms with Crippen molar-refractivity contribution in [3.63, 3.8) is 0 Å². The van der Waals surface area contributed by atoms with Crippen LogP contribution in [0, 0.1) is 13.8 Å². The van der Waals surface area contributed by atoms with E-state index in [-0.39, 0.29) is 10.8 Å². The molecular weight excluding hydrogens is 456 g/mol. The van der Waals surface area contributed by atoms with Crippen molar-refractivity contribution in [2.45, 2.75) is 89.3 Å². The van der Waals surface area contributed by atoms with Gasteiger partial charge in [-0.2, -0.15) is 9.78 Å². The molecule has 6 nitrogen and oxygen atoms in total. The Hall–Kier alpha value is -2.70. The van der Waals surface area contributed by atoms with Gasteiger partial charge in [-0.05, 0) is 72.9 Å². The van der Waals surface area contributed by atoms with Gasteiger partial charge in [0, 0.05) is 0 Å². The van der Waals surface area contributed by atoms with Crippen molar-refractivity contribution in [3.8, 4) is 0 Å². The summed E-state index contributed by atoms with van der Waals surface area (Å²) in [5, 5.41) is 0. The van der Waals surface area contributed by atoms with Gasteiger partial charge in [-0.1, -0.05) is 78.6 Å². The Morgan fingerprint density at radius 2 is 0.944 bits per heavy atom. The molecular formula is C30H38O6. The Morgan fingerprint density at radius 3 is 1.22 bits per heavy atom. The van der Waals surface area contributed by atoms with Gasteiger partial charge in [0.15, 0.2) is 0 Å². The molecule has 2 aromatic rings. The zero-order valence-electron chi connectivity index (χ0n) is 22.3. The number of hydrogen-bond donors (Lipinski definition) is 0. The molecule has 0 N–H and O–H groups in total. The van der Waals surface area contributed by atoms with Crippen molar-refractivity contribution in [3.05, 3.63) is 84.6 Å². The van der Waals surface area contributed by atoms with Crippen LogP contribution in [0.25, 0.3) is 0 Å². The predicted molar refractivity (Wildman–Crippen MR) is 138 cm³/mol. The lowest BCUT2D eigenvalue weighted by molar-refractivity contribution is -0.403. The van der Waals surface area contributed by atoms with Crippen LogP contribution in [0.3, 0.4) is 0 Å². The smallest absolute Gasteiger partial charge is 0.292 e. The highest BCUT2D eigenvalue weighted by Crippen LogP contribution is 2.42. The lowest BCUT2D eigenvalue weighted by Crippen LogP contribution is -2.56. The molecule has 1 saturated carbocycles. The van der Waals surface area contributed by atoms with E-state index < -0.39 is 23.1 Å². The van der Waals surface area contributed by atoms with Crippen molar-refractivity contribution >= 4 is 11.9 Å². The second-order valence-electron chi connectivity index (χ2n) is 11.8. The highest BCUT2D eigenvalue weighted by atomic mass is 17.2. The van der Waals surface area contributed by atoms with E-state index >= 15 is 0 Å². The topological polar surface area (TPSA) is 71.1 Å². The summed E-state index contributed by atoms with van der Waals surface area (Å²) in [5.41, 5.74) is 0.115. The minimum Gasteiger partial charge on any atom is -0.292 e. The summed E-state index contributed by atoms with van der Waals surface area (Å²) in [5.74, 6) is -1.30. The highest BCUT2D eigenvalue weighted by Gasteiger charge is 2.53. The molecule has 0 aromatic heterocycles. The molecule has 36 heavy (non-hydrogen) atoms. The molecule has 2 radical (unpaired) electrons. The summed E-state index contributed by atoms with van der Waals surface area (Å²) in [7, 11) is 0. The second kappa shape index (κ2) is 10.3. The maximum atomic E-state index is 12.6. The molecule has 1 aliphatic carbocycles. The molecule has 6 heteroatoms. The van der Waals surface area contributed by atoms with Crippen LogP contribution in [-0.2, 0) is 30.4 Å². The maximum Gasteiger partial charge on any atom is 0.373 e. The molecule has 3 rings (SSSR count). The monoisotopic (exact) mass is 494 g/mol. The van der Waals surface area contributed by atoms with Crippen LogP contribution < -0.4 is 0 Å². The Labute approximate surface area is 215 Å². The molecule has 0 saturated heterocycles. The third-order valence-electron chi connectivity index (χ3n) is 6.77. The minimum atomic E-state index is -1.36. The second-order valence-corrected chi connectivity index (χ2v) is 11.8. The quantitative estimate of drug-likeness (QED) is 0.322. The lowest BCUT2D eigenvalue weighted by atomic mass is 9.74. The Morgan fingerprint density at radius 1 is 0.639 bits per heavy atom. The van der Waals surface area contributed by atoms with Crippen molar-refractivity contribution in [1.29, 1.82) is 0 Å². The summed E-state index contributed by atoms with van der Waals surface area (Å²) in [6.07, 6.45) is 2.35. The van der Waals surface area contributed by atoms with E-state index in [4.69, 9.17) is 19.6 Å². The standard InChI is InChI=1S/C30H38O6/c1-27(2,3)23-15-11-21(12-16-23)25(31)33-35-29(7)19-9-10-20-30(29,8)36-34-26(32)22-13-17-24(18-14-22)28(4,5)6/h11-18H,7-10,19-20H2,1-6H3. The fraction of sp³-hybridized carbons (Fsp3) is 0.467. The van der Waals surface area contributed by atoms with Crippen molar-refractivity contribution in [2.24, 2.45) is 0 Å². The summed E-state index contributed by atoms with van der Waals surface area (Å²) >= 11 is 0. The van der Waals surface area contributed by atoms with Gasteiger partial charge < -0.3 is 0 Å². The van der Waals surface area contributed by atoms with Crippen molar-refractivity contribution < 1.29 is 29.1 Å². The van der Waals surface area contributed by atoms with Gasteiger partial charge in [-0.25, -0.2) is 9.59 Å². The molecule has 0 bridgehead atoms. The normalized spacial score (nSPS) is 22.7. The third-order valence-corrected chi connectivity index (χ3v) is 6.77. The predicted octanol–water partition coefficient (Wildman–Crippen LogP) is 6.88. The van der Waals surface area contributed by atoms with Crippen LogP contribution in [0.4, 0.5) is 0 Å². The van der Waals surface area contributed by atoms with Crippen LogP contribution in [0.1, 0.15) is 99.1 Å². The summed E-state index contributed by atoms with van der Waals surface area (Å²) in [4.78, 5) is 46.7. The SMILES string of the molecule is [CH2]C1(OOC(=O)c2ccc(C(C)(C)C)cc2)CCCCC1([CH2])OOC(=O)c1ccc(C(C)(C)C)cc1. The molecule has 1 fully saturated rings. The van der Waals surface area contributed by atoms with Crippen LogP contribution in [0.15, 0.2) is 48.5 Å². The van der Waals surface area contributed by atoms with Crippen molar-refractivity contribution in [2.75, 3.05) is 0 Å². The zero-order chi connectivity index (χ0) is 26.8. The molecule has 2 atom stereocenters. The molecule has 0 aliphatic heterocycles. The van der Waals surface area contributed by atoms with E-state index in [9.17, 15) is 9.59 Å². The van der Waals surface area contributed by atoms with Gasteiger partial charge in [-0.3, -0.25) is 9.78 Å². The number of rotatable bonds is 6. The van der Waals surface area contributed by atoms with Crippen LogP contribution in [0.2, 0.25) is 0 Å². The van der Waals surface area contributed by atoms with Gasteiger partial charge in [0.25, 0.3) is 0 Å². The number of benzene rings is 2. The van der Waals surface area contributed by atoms with Crippen molar-refractivity contribution in [1.82, 2.24) is 0 Å². The van der Waals surface area contributed by atoms with E-state index in [1.807, 2.05) is 24.3 Å². The van der Waals surface area contributed by atoms with Crippen LogP contribution in [-0.4, -0.2) is 23.1 Å². The first kappa shape index (κ1) is 27.9. The summed E-state index contributed by atoms with van der Waals surface area (Å²) < 4.78 is 0. The molecule has 0 amide bonds. The molecule has 194 valence electrons. The molecule has 0 heterocycles. The first-order valence-corrected chi connectivity index (χ1v) is 12.4. The average Bonchev–Trinajstić information content (AvgIpc) is 2.82. The summed E-state index contributed by atoms with van der Waals surface area (Å²) in [6, 6.07) is 14.3. The molecule has 2 unspecified atom stereocenters. The largest absolute Gasteiger partial charge is 0.373 e. The van der Waals surface area contributed by atoms with Gasteiger partial charge in [0.1, 0.15) is 11.2 Å². The van der Waals surface area contributed by atoms with Crippen LogP contribution in [0.5, 0.6) is 0 Å². The van der Waals surface area contributed by atoms with E-state index in [0.29, 0.717) is 24.0 Å². The minimum absolute atomic E-state index is 0.0324. The summed E-state index contributed by atoms with van der Waals surface area (Å²) in [6.45, 7) is 20.8. The third kappa shape index (κ3) is 6.34. The first-order chi connectivity index (χ1) is 16.6. The van der Waals surface area contributed by atoms with E-state index in [2.05, 4.69) is 55.4 Å². The Kier molecular flexibility index (Phi) is 8.01. The fourth-order valence-corrected chi connectivity index (χ4v) is 4.06. The van der Waals surface area contributed by atoms with Gasteiger partial charge in [0.2, 0.25) is 0 Å². The van der Waals surface area contributed by atoms with E-state index in [1.54, 1.807) is 24.3 Å². The van der Waals surface area contributed by atoms with Crippen LogP contribution >= 0.6 is 0 Å². The van der Waals surface area contributed by atoms with Gasteiger partial charge >= 0.3 is 11.9 Å².